The highest BCUT2D eigenvalue weighted by molar-refractivity contribution is 6.02. The maximum absolute atomic E-state index is 12.4. The minimum absolute atomic E-state index is 0.121. The van der Waals surface area contributed by atoms with Crippen molar-refractivity contribution in [2.24, 2.45) is 0 Å². The molecule has 0 saturated carbocycles. The third kappa shape index (κ3) is 3.63. The molecule has 2 N–H and O–H groups in total. The van der Waals surface area contributed by atoms with E-state index in [1.807, 2.05) is 0 Å². The van der Waals surface area contributed by atoms with E-state index in [1.165, 1.54) is 10.9 Å². The first-order chi connectivity index (χ1) is 13.1. The van der Waals surface area contributed by atoms with Gasteiger partial charge >= 0.3 is 5.76 Å². The summed E-state index contributed by atoms with van der Waals surface area (Å²) in [6.45, 7) is 1.91. The zero-order valence-electron chi connectivity index (χ0n) is 13.9. The minimum Gasteiger partial charge on any atom is -0.340 e. The summed E-state index contributed by atoms with van der Waals surface area (Å²) >= 11 is 0. The fourth-order valence-electron chi connectivity index (χ4n) is 2.32. The van der Waals surface area contributed by atoms with Gasteiger partial charge in [0.25, 0.3) is 5.91 Å². The smallest absolute Gasteiger partial charge is 0.340 e. The molecule has 4 rings (SSSR count). The number of H-pyrrole nitrogens is 1. The number of carbonyl (C=O) groups is 1. The SMILES string of the molecule is Cc1nc(Cn2cc(C(=O)Nc3cccc(-c4noc(=O)[nH]4)c3)nn2)no1. The van der Waals surface area contributed by atoms with Gasteiger partial charge in [0.2, 0.25) is 5.89 Å². The molecule has 0 atom stereocenters. The van der Waals surface area contributed by atoms with Gasteiger partial charge in [-0.3, -0.25) is 14.3 Å². The molecule has 1 amide bonds. The second-order valence-corrected chi connectivity index (χ2v) is 5.51. The van der Waals surface area contributed by atoms with Gasteiger partial charge in [0.15, 0.2) is 17.3 Å². The molecule has 1 aromatic carbocycles. The lowest BCUT2D eigenvalue weighted by Gasteiger charge is -2.04. The number of aromatic nitrogens is 7. The van der Waals surface area contributed by atoms with E-state index < -0.39 is 11.7 Å². The third-order valence-corrected chi connectivity index (χ3v) is 3.48. The van der Waals surface area contributed by atoms with Crippen LogP contribution in [0.5, 0.6) is 0 Å². The Balaban J connectivity index is 1.47. The van der Waals surface area contributed by atoms with Crippen molar-refractivity contribution in [2.45, 2.75) is 13.5 Å². The highest BCUT2D eigenvalue weighted by Crippen LogP contribution is 2.18. The number of benzene rings is 1. The van der Waals surface area contributed by atoms with Crippen molar-refractivity contribution < 1.29 is 13.8 Å². The Hall–Kier alpha value is -4.09. The van der Waals surface area contributed by atoms with E-state index in [9.17, 15) is 9.59 Å². The monoisotopic (exact) mass is 368 g/mol. The Morgan fingerprint density at radius 3 is 2.93 bits per heavy atom. The molecule has 4 aromatic rings. The van der Waals surface area contributed by atoms with Gasteiger partial charge in [-0.1, -0.05) is 27.7 Å². The molecular formula is C15H12N8O4. The average Bonchev–Trinajstić information content (AvgIpc) is 3.37. The van der Waals surface area contributed by atoms with Crippen molar-refractivity contribution in [3.05, 3.63) is 58.4 Å². The van der Waals surface area contributed by atoms with Crippen LogP contribution in [0.1, 0.15) is 22.2 Å². The van der Waals surface area contributed by atoms with E-state index in [4.69, 9.17) is 4.52 Å². The molecule has 3 heterocycles. The number of anilines is 1. The van der Waals surface area contributed by atoms with Crippen molar-refractivity contribution in [3.8, 4) is 11.4 Å². The Morgan fingerprint density at radius 1 is 1.30 bits per heavy atom. The average molecular weight is 368 g/mol. The summed E-state index contributed by atoms with van der Waals surface area (Å²) in [4.78, 5) is 29.9. The molecule has 27 heavy (non-hydrogen) atoms. The van der Waals surface area contributed by atoms with Crippen LogP contribution in [-0.2, 0) is 6.54 Å². The van der Waals surface area contributed by atoms with Crippen molar-refractivity contribution in [3.63, 3.8) is 0 Å². The first kappa shape index (κ1) is 16.4. The van der Waals surface area contributed by atoms with Crippen molar-refractivity contribution in [1.29, 1.82) is 0 Å². The predicted molar refractivity (Wildman–Crippen MR) is 88.7 cm³/mol. The minimum atomic E-state index is -0.659. The van der Waals surface area contributed by atoms with E-state index in [1.54, 1.807) is 31.2 Å². The van der Waals surface area contributed by atoms with Gasteiger partial charge in [-0.2, -0.15) is 4.98 Å². The van der Waals surface area contributed by atoms with Gasteiger partial charge in [0, 0.05) is 18.2 Å². The number of rotatable bonds is 5. The van der Waals surface area contributed by atoms with E-state index >= 15 is 0 Å². The molecule has 12 heteroatoms. The van der Waals surface area contributed by atoms with Crippen molar-refractivity contribution in [1.82, 2.24) is 35.3 Å². The molecule has 12 nitrogen and oxygen atoms in total. The Kier molecular flexibility index (Phi) is 4.04. The molecule has 3 aromatic heterocycles. The molecule has 0 fully saturated rings. The third-order valence-electron chi connectivity index (χ3n) is 3.48. The second kappa shape index (κ2) is 6.67. The van der Waals surface area contributed by atoms with Crippen LogP contribution in [0.15, 0.2) is 44.3 Å². The van der Waals surface area contributed by atoms with Crippen LogP contribution in [0.3, 0.4) is 0 Å². The molecule has 0 unspecified atom stereocenters. The summed E-state index contributed by atoms with van der Waals surface area (Å²) in [6, 6.07) is 6.74. The number of nitrogens with zero attached hydrogens (tertiary/aromatic N) is 6. The van der Waals surface area contributed by atoms with Crippen LogP contribution in [0.4, 0.5) is 5.69 Å². The normalized spacial score (nSPS) is 10.9. The van der Waals surface area contributed by atoms with Gasteiger partial charge in [-0.15, -0.1) is 5.10 Å². The van der Waals surface area contributed by atoms with E-state index in [-0.39, 0.29) is 18.1 Å². The summed E-state index contributed by atoms with van der Waals surface area (Å²) in [5.41, 5.74) is 1.19. The number of amides is 1. The largest absolute Gasteiger partial charge is 0.439 e. The lowest BCUT2D eigenvalue weighted by atomic mass is 10.2. The number of hydrogen-bond acceptors (Lipinski definition) is 9. The van der Waals surface area contributed by atoms with Gasteiger partial charge < -0.3 is 9.84 Å². The van der Waals surface area contributed by atoms with E-state index in [0.29, 0.717) is 23.0 Å². The van der Waals surface area contributed by atoms with Crippen LogP contribution >= 0.6 is 0 Å². The molecule has 136 valence electrons. The first-order valence-corrected chi connectivity index (χ1v) is 7.74. The molecular weight excluding hydrogens is 356 g/mol. The van der Waals surface area contributed by atoms with Gasteiger partial charge in [0.05, 0.1) is 6.20 Å². The summed E-state index contributed by atoms with van der Waals surface area (Å²) < 4.78 is 10.8. The standard InChI is InChI=1S/C15H12N8O4/c1-8-16-12(20-26-8)7-23-6-11(19-22-23)14(24)17-10-4-2-3-9(5-10)13-18-15(25)27-21-13/h2-6H,7H2,1H3,(H,17,24)(H,18,21,25). The molecule has 0 spiro atoms. The summed E-state index contributed by atoms with van der Waals surface area (Å²) in [6.07, 6.45) is 1.47. The lowest BCUT2D eigenvalue weighted by Crippen LogP contribution is -2.12. The maximum Gasteiger partial charge on any atom is 0.439 e. The maximum atomic E-state index is 12.4. The molecule has 0 radical (unpaired) electrons. The number of carbonyl (C=O) groups excluding carboxylic acids is 1. The first-order valence-electron chi connectivity index (χ1n) is 7.74. The van der Waals surface area contributed by atoms with Crippen molar-refractivity contribution >= 4 is 11.6 Å². The van der Waals surface area contributed by atoms with E-state index in [2.05, 4.69) is 40.4 Å². The fourth-order valence-corrected chi connectivity index (χ4v) is 2.32. The highest BCUT2D eigenvalue weighted by atomic mass is 16.5. The Labute approximate surface area is 150 Å². The number of aromatic amines is 1. The number of nitrogens with one attached hydrogen (secondary N) is 2. The van der Waals surface area contributed by atoms with Crippen LogP contribution in [0.2, 0.25) is 0 Å². The lowest BCUT2D eigenvalue weighted by molar-refractivity contribution is 0.102. The topological polar surface area (TPSA) is 158 Å². The zero-order valence-corrected chi connectivity index (χ0v) is 13.9. The van der Waals surface area contributed by atoms with Gasteiger partial charge in [-0.25, -0.2) is 9.48 Å². The molecule has 0 aliphatic carbocycles. The van der Waals surface area contributed by atoms with Gasteiger partial charge in [0.1, 0.15) is 6.54 Å². The highest BCUT2D eigenvalue weighted by Gasteiger charge is 2.13. The quantitative estimate of drug-likeness (QED) is 0.515. The van der Waals surface area contributed by atoms with Crippen LogP contribution in [-0.4, -0.2) is 41.2 Å². The second-order valence-electron chi connectivity index (χ2n) is 5.51. The van der Waals surface area contributed by atoms with Crippen LogP contribution in [0, 0.1) is 6.92 Å². The number of hydrogen-bond donors (Lipinski definition) is 2. The molecule has 0 aliphatic heterocycles. The van der Waals surface area contributed by atoms with Gasteiger partial charge in [-0.05, 0) is 12.1 Å². The zero-order chi connectivity index (χ0) is 18.8. The Morgan fingerprint density at radius 2 is 2.19 bits per heavy atom. The summed E-state index contributed by atoms with van der Waals surface area (Å²) in [5.74, 6) is 0.0247. The summed E-state index contributed by atoms with van der Waals surface area (Å²) in [7, 11) is 0. The van der Waals surface area contributed by atoms with Crippen LogP contribution in [0.25, 0.3) is 11.4 Å². The molecule has 0 bridgehead atoms. The van der Waals surface area contributed by atoms with Crippen LogP contribution < -0.4 is 11.1 Å². The molecule has 0 aliphatic rings. The predicted octanol–water partition coefficient (Wildman–Crippen LogP) is 0.613. The number of aryl methyl sites for hydroxylation is 1. The fraction of sp³-hybridized carbons (Fsp3) is 0.133. The Bertz CT molecular complexity index is 1150. The summed E-state index contributed by atoms with van der Waals surface area (Å²) in [5, 5.41) is 17.8. The van der Waals surface area contributed by atoms with E-state index in [0.717, 1.165) is 0 Å². The van der Waals surface area contributed by atoms with Crippen molar-refractivity contribution in [2.75, 3.05) is 5.32 Å². The molecule has 0 saturated heterocycles.